The quantitative estimate of drug-likeness (QED) is 0.891. The summed E-state index contributed by atoms with van der Waals surface area (Å²) in [5.41, 5.74) is 5.43. The number of rotatable bonds is 3. The van der Waals surface area contributed by atoms with Gasteiger partial charge in [-0.3, -0.25) is 10.1 Å². The summed E-state index contributed by atoms with van der Waals surface area (Å²) in [5.74, 6) is -0.168. The van der Waals surface area contributed by atoms with Crippen LogP contribution in [-0.2, 0) is 0 Å². The van der Waals surface area contributed by atoms with Crippen LogP contribution in [0.5, 0.6) is 5.75 Å². The van der Waals surface area contributed by atoms with Crippen molar-refractivity contribution in [2.24, 2.45) is 5.73 Å². The third-order valence-electron chi connectivity index (χ3n) is 2.10. The molecule has 2 rings (SSSR count). The van der Waals surface area contributed by atoms with Crippen LogP contribution >= 0.6 is 11.3 Å². The zero-order valence-electron chi connectivity index (χ0n) is 9.25. The number of carbonyl (C=O) groups is 2. The third-order valence-corrected chi connectivity index (χ3v) is 2.93. The van der Waals surface area contributed by atoms with Gasteiger partial charge < -0.3 is 10.5 Å². The fourth-order valence-corrected chi connectivity index (χ4v) is 2.09. The van der Waals surface area contributed by atoms with Crippen molar-refractivity contribution in [2.45, 2.75) is 0 Å². The van der Waals surface area contributed by atoms with Crippen molar-refractivity contribution in [1.82, 2.24) is 0 Å². The lowest BCUT2D eigenvalue weighted by molar-refractivity contribution is 0.100. The molecule has 6 heteroatoms. The van der Waals surface area contributed by atoms with E-state index in [2.05, 4.69) is 5.32 Å². The number of nitrogens with two attached hydrogens (primary N) is 1. The van der Waals surface area contributed by atoms with Crippen molar-refractivity contribution >= 4 is 28.3 Å². The predicted octanol–water partition coefficient (Wildman–Crippen LogP) is 2.46. The summed E-state index contributed by atoms with van der Waals surface area (Å²) in [5, 5.41) is 4.52. The van der Waals surface area contributed by atoms with E-state index in [0.717, 1.165) is 0 Å². The summed E-state index contributed by atoms with van der Waals surface area (Å²) in [7, 11) is 0. The second kappa shape index (κ2) is 5.33. The average molecular weight is 262 g/mol. The average Bonchev–Trinajstić information content (AvgIpc) is 2.78. The molecule has 0 bridgehead atoms. The molecule has 1 aromatic carbocycles. The standard InChI is InChI=1S/C12H10N2O3S/c13-10(15)9-6-7-18-11(9)14-12(16)17-8-4-2-1-3-5-8/h1-7H,(H2,13,15)(H,14,16). The van der Waals surface area contributed by atoms with Crippen LogP contribution in [-0.4, -0.2) is 12.0 Å². The highest BCUT2D eigenvalue weighted by Gasteiger charge is 2.13. The first-order valence-corrected chi connectivity index (χ1v) is 5.96. The molecule has 5 nitrogen and oxygen atoms in total. The Balaban J connectivity index is 2.04. The smallest absolute Gasteiger partial charge is 0.410 e. The number of hydrogen-bond donors (Lipinski definition) is 2. The van der Waals surface area contributed by atoms with Crippen molar-refractivity contribution in [3.05, 3.63) is 47.3 Å². The highest BCUT2D eigenvalue weighted by Crippen LogP contribution is 2.23. The number of ether oxygens (including phenoxy) is 1. The first-order valence-electron chi connectivity index (χ1n) is 5.08. The van der Waals surface area contributed by atoms with Gasteiger partial charge in [0.05, 0.1) is 5.56 Å². The van der Waals surface area contributed by atoms with E-state index in [9.17, 15) is 9.59 Å². The highest BCUT2D eigenvalue weighted by atomic mass is 32.1. The molecular formula is C12H10N2O3S. The molecule has 0 aliphatic carbocycles. The normalized spacial score (nSPS) is 9.78. The Morgan fingerprint density at radius 1 is 1.17 bits per heavy atom. The summed E-state index contributed by atoms with van der Waals surface area (Å²) in [6.07, 6.45) is -0.661. The topological polar surface area (TPSA) is 81.4 Å². The molecule has 0 aliphatic rings. The Hall–Kier alpha value is -2.34. The van der Waals surface area contributed by atoms with Crippen LogP contribution in [0.25, 0.3) is 0 Å². The maximum Gasteiger partial charge on any atom is 0.417 e. The number of para-hydroxylation sites is 1. The van der Waals surface area contributed by atoms with E-state index in [1.807, 2.05) is 6.07 Å². The maximum absolute atomic E-state index is 11.6. The number of primary amides is 1. The Labute approximate surface area is 107 Å². The zero-order valence-corrected chi connectivity index (χ0v) is 10.1. The molecule has 3 N–H and O–H groups in total. The van der Waals surface area contributed by atoms with Gasteiger partial charge in [-0.05, 0) is 23.6 Å². The largest absolute Gasteiger partial charge is 0.417 e. The molecular weight excluding hydrogens is 252 g/mol. The number of anilines is 1. The summed E-state index contributed by atoms with van der Waals surface area (Å²) in [6, 6.07) is 10.2. The van der Waals surface area contributed by atoms with Gasteiger partial charge in [-0.25, -0.2) is 4.79 Å². The minimum Gasteiger partial charge on any atom is -0.410 e. The Morgan fingerprint density at radius 3 is 2.56 bits per heavy atom. The van der Waals surface area contributed by atoms with Crippen LogP contribution in [0.15, 0.2) is 41.8 Å². The van der Waals surface area contributed by atoms with Crippen molar-refractivity contribution in [1.29, 1.82) is 0 Å². The molecule has 0 saturated heterocycles. The summed E-state index contributed by atoms with van der Waals surface area (Å²) < 4.78 is 5.03. The van der Waals surface area contributed by atoms with Crippen LogP contribution in [0.2, 0.25) is 0 Å². The monoisotopic (exact) mass is 262 g/mol. The Bertz CT molecular complexity index is 566. The van der Waals surface area contributed by atoms with Gasteiger partial charge in [0.1, 0.15) is 10.8 Å². The Morgan fingerprint density at radius 2 is 1.89 bits per heavy atom. The van der Waals surface area contributed by atoms with E-state index >= 15 is 0 Å². The van der Waals surface area contributed by atoms with E-state index in [4.69, 9.17) is 10.5 Å². The van der Waals surface area contributed by atoms with Crippen molar-refractivity contribution < 1.29 is 14.3 Å². The van der Waals surface area contributed by atoms with E-state index in [1.165, 1.54) is 11.3 Å². The molecule has 0 fully saturated rings. The zero-order chi connectivity index (χ0) is 13.0. The number of hydrogen-bond acceptors (Lipinski definition) is 4. The SMILES string of the molecule is NC(=O)c1ccsc1NC(=O)Oc1ccccc1. The lowest BCUT2D eigenvalue weighted by atomic mass is 10.3. The van der Waals surface area contributed by atoms with Gasteiger partial charge in [-0.1, -0.05) is 18.2 Å². The Kier molecular flexibility index (Phi) is 3.59. The molecule has 0 spiro atoms. The first kappa shape index (κ1) is 12.1. The van der Waals surface area contributed by atoms with E-state index in [-0.39, 0.29) is 5.56 Å². The minimum absolute atomic E-state index is 0.269. The van der Waals surface area contributed by atoms with E-state index in [1.54, 1.807) is 35.7 Å². The highest BCUT2D eigenvalue weighted by molar-refractivity contribution is 7.14. The van der Waals surface area contributed by atoms with Crippen LogP contribution in [0.3, 0.4) is 0 Å². The minimum atomic E-state index is -0.661. The second-order valence-corrected chi connectivity index (χ2v) is 4.27. The van der Waals surface area contributed by atoms with E-state index in [0.29, 0.717) is 10.8 Å². The molecule has 0 radical (unpaired) electrons. The molecule has 0 aliphatic heterocycles. The van der Waals surface area contributed by atoms with Crippen molar-refractivity contribution in [3.8, 4) is 5.75 Å². The van der Waals surface area contributed by atoms with Crippen LogP contribution in [0.4, 0.5) is 9.80 Å². The van der Waals surface area contributed by atoms with Gasteiger partial charge in [-0.15, -0.1) is 11.3 Å². The predicted molar refractivity (Wildman–Crippen MR) is 68.9 cm³/mol. The summed E-state index contributed by atoms with van der Waals surface area (Å²) in [6.45, 7) is 0. The molecule has 0 atom stereocenters. The lowest BCUT2D eigenvalue weighted by Gasteiger charge is -2.05. The molecule has 92 valence electrons. The van der Waals surface area contributed by atoms with Gasteiger partial charge in [0, 0.05) is 0 Å². The molecule has 2 aromatic rings. The molecule has 2 amide bonds. The molecule has 1 aromatic heterocycles. The number of nitrogens with one attached hydrogen (secondary N) is 1. The van der Waals surface area contributed by atoms with Gasteiger partial charge >= 0.3 is 6.09 Å². The van der Waals surface area contributed by atoms with Crippen molar-refractivity contribution in [3.63, 3.8) is 0 Å². The summed E-state index contributed by atoms with van der Waals surface area (Å²) in [4.78, 5) is 22.6. The van der Waals surface area contributed by atoms with Gasteiger partial charge in [0.25, 0.3) is 5.91 Å². The summed E-state index contributed by atoms with van der Waals surface area (Å²) >= 11 is 1.20. The van der Waals surface area contributed by atoms with Crippen LogP contribution in [0, 0.1) is 0 Å². The number of benzene rings is 1. The maximum atomic E-state index is 11.6. The molecule has 0 saturated carbocycles. The molecule has 1 heterocycles. The fourth-order valence-electron chi connectivity index (χ4n) is 1.31. The number of carbonyl (C=O) groups excluding carboxylic acids is 2. The number of amides is 2. The van der Waals surface area contributed by atoms with Crippen molar-refractivity contribution in [2.75, 3.05) is 5.32 Å². The van der Waals surface area contributed by atoms with E-state index < -0.39 is 12.0 Å². The molecule has 0 unspecified atom stereocenters. The lowest BCUT2D eigenvalue weighted by Crippen LogP contribution is -2.19. The fraction of sp³-hybridized carbons (Fsp3) is 0. The third kappa shape index (κ3) is 2.86. The second-order valence-electron chi connectivity index (χ2n) is 3.36. The first-order chi connectivity index (χ1) is 8.66. The van der Waals surface area contributed by atoms with Gasteiger partial charge in [-0.2, -0.15) is 0 Å². The van der Waals surface area contributed by atoms with Crippen LogP contribution in [0.1, 0.15) is 10.4 Å². The van der Waals surface area contributed by atoms with Gasteiger partial charge in [0.2, 0.25) is 0 Å². The van der Waals surface area contributed by atoms with Gasteiger partial charge in [0.15, 0.2) is 0 Å². The number of thiophene rings is 1. The van der Waals surface area contributed by atoms with Crippen LogP contribution < -0.4 is 15.8 Å². The molecule has 18 heavy (non-hydrogen) atoms.